The summed E-state index contributed by atoms with van der Waals surface area (Å²) in [6.45, 7) is 4.50. The Balaban J connectivity index is 1.12. The van der Waals surface area contributed by atoms with Crippen molar-refractivity contribution in [3.05, 3.63) is 53.9 Å². The molecule has 0 spiro atoms. The number of nitrogens with one attached hydrogen (secondary N) is 1. The fourth-order valence-corrected chi connectivity index (χ4v) is 5.73. The second kappa shape index (κ2) is 13.4. The monoisotopic (exact) mass is 613 g/mol. The molecule has 3 aliphatic rings. The van der Waals surface area contributed by atoms with Gasteiger partial charge in [0.2, 0.25) is 11.9 Å². The number of benzene rings is 2. The molecule has 0 bridgehead atoms. The third-order valence-electron chi connectivity index (χ3n) is 8.34. The summed E-state index contributed by atoms with van der Waals surface area (Å²) in [5.74, 6) is 0.250. The molecule has 4 heterocycles. The topological polar surface area (TPSA) is 164 Å². The number of hydrogen-bond donors (Lipinski definition) is 2. The standard InChI is InChI=1S/C31H32FN9O4/c32-25-15-41(29(43)16-42)6-5-28(25)45-27-4-1-20(11-22(27)14-34)30-35-19-36-31(38-30)37-23-2-3-26(21(12-23)13-33)40-9-7-39(8-10-40)24-17-44-18-24/h1-4,11-12,19,24-25,28,42H,5-10,15-18H2,(H,35,36,37,38). The number of aromatic nitrogens is 3. The molecule has 3 aliphatic heterocycles. The Kier molecular flexibility index (Phi) is 8.98. The Morgan fingerprint density at radius 2 is 1.87 bits per heavy atom. The summed E-state index contributed by atoms with van der Waals surface area (Å²) in [5, 5.41) is 31.9. The lowest BCUT2D eigenvalue weighted by Crippen LogP contribution is -2.56. The smallest absolute Gasteiger partial charge is 0.248 e. The van der Waals surface area contributed by atoms with Crippen molar-refractivity contribution >= 4 is 23.2 Å². The van der Waals surface area contributed by atoms with Crippen LogP contribution in [-0.2, 0) is 9.53 Å². The van der Waals surface area contributed by atoms with Crippen LogP contribution >= 0.6 is 0 Å². The molecule has 2 aromatic carbocycles. The molecule has 0 saturated carbocycles. The van der Waals surface area contributed by atoms with Gasteiger partial charge in [0.05, 0.1) is 42.6 Å². The number of nitriles is 2. The fraction of sp³-hybridized carbons (Fsp3) is 0.419. The molecule has 0 radical (unpaired) electrons. The first-order valence-corrected chi connectivity index (χ1v) is 14.8. The summed E-state index contributed by atoms with van der Waals surface area (Å²) in [7, 11) is 0. The molecule has 232 valence electrons. The van der Waals surface area contributed by atoms with E-state index in [2.05, 4.69) is 42.2 Å². The van der Waals surface area contributed by atoms with Crippen molar-refractivity contribution in [3.8, 4) is 29.3 Å². The van der Waals surface area contributed by atoms with E-state index < -0.39 is 24.8 Å². The molecule has 14 heteroatoms. The molecule has 6 rings (SSSR count). The molecular weight excluding hydrogens is 581 g/mol. The van der Waals surface area contributed by atoms with Gasteiger partial charge < -0.3 is 29.7 Å². The van der Waals surface area contributed by atoms with E-state index >= 15 is 0 Å². The Morgan fingerprint density at radius 1 is 1.07 bits per heavy atom. The van der Waals surface area contributed by atoms with Crippen LogP contribution in [0.5, 0.6) is 5.75 Å². The summed E-state index contributed by atoms with van der Waals surface area (Å²) in [6.07, 6.45) is -0.729. The fourth-order valence-electron chi connectivity index (χ4n) is 5.73. The van der Waals surface area contributed by atoms with Crippen molar-refractivity contribution in [1.82, 2.24) is 24.8 Å². The molecular formula is C31H32FN9O4. The van der Waals surface area contributed by atoms with Crippen LogP contribution in [0.2, 0.25) is 0 Å². The third-order valence-corrected chi connectivity index (χ3v) is 8.34. The molecule has 2 atom stereocenters. The highest BCUT2D eigenvalue weighted by molar-refractivity contribution is 5.77. The van der Waals surface area contributed by atoms with Crippen molar-refractivity contribution in [1.29, 1.82) is 10.5 Å². The number of alkyl halides is 1. The summed E-state index contributed by atoms with van der Waals surface area (Å²) in [5.41, 5.74) is 2.79. The molecule has 1 aromatic heterocycles. The van der Waals surface area contributed by atoms with Crippen LogP contribution < -0.4 is 15.0 Å². The first-order valence-electron chi connectivity index (χ1n) is 14.8. The minimum absolute atomic E-state index is 0.180. The zero-order chi connectivity index (χ0) is 31.3. The number of nitrogens with zero attached hydrogens (tertiary/aromatic N) is 8. The molecule has 2 N–H and O–H groups in total. The second-order valence-corrected chi connectivity index (χ2v) is 11.1. The van der Waals surface area contributed by atoms with Gasteiger partial charge in [0.1, 0.15) is 36.9 Å². The molecule has 3 saturated heterocycles. The zero-order valence-corrected chi connectivity index (χ0v) is 24.5. The number of aliphatic hydroxyl groups is 1. The van der Waals surface area contributed by atoms with E-state index in [0.717, 1.165) is 45.1 Å². The number of anilines is 3. The third kappa shape index (κ3) is 6.63. The van der Waals surface area contributed by atoms with Gasteiger partial charge in [-0.2, -0.15) is 15.5 Å². The molecule has 13 nitrogen and oxygen atoms in total. The number of likely N-dealkylation sites (tertiary alicyclic amines) is 1. The molecule has 3 fully saturated rings. The van der Waals surface area contributed by atoms with Gasteiger partial charge in [0.25, 0.3) is 0 Å². The van der Waals surface area contributed by atoms with Gasteiger partial charge in [-0.25, -0.2) is 14.4 Å². The average molecular weight is 614 g/mol. The SMILES string of the molecule is N#Cc1cc(-c2ncnc(Nc3ccc(N4CCN(C5COC5)CC4)c(C#N)c3)n2)ccc1OC1CCN(C(=O)CO)CC1F. The molecule has 45 heavy (non-hydrogen) atoms. The van der Waals surface area contributed by atoms with E-state index in [-0.39, 0.29) is 36.8 Å². The maximum absolute atomic E-state index is 14.8. The van der Waals surface area contributed by atoms with Crippen molar-refractivity contribution in [2.75, 3.05) is 69.3 Å². The zero-order valence-electron chi connectivity index (χ0n) is 24.5. The lowest BCUT2D eigenvalue weighted by Gasteiger charge is -2.43. The van der Waals surface area contributed by atoms with Gasteiger partial charge in [-0.1, -0.05) is 0 Å². The molecule has 2 unspecified atom stereocenters. The number of aliphatic hydroxyl groups excluding tert-OH is 1. The number of amides is 1. The number of carbonyl (C=O) groups excluding carboxylic acids is 1. The van der Waals surface area contributed by atoms with E-state index in [1.54, 1.807) is 24.3 Å². The van der Waals surface area contributed by atoms with Crippen LogP contribution in [-0.4, -0.2) is 113 Å². The summed E-state index contributed by atoms with van der Waals surface area (Å²) in [6, 6.07) is 15.3. The Bertz CT molecular complexity index is 1630. The number of halogens is 1. The maximum atomic E-state index is 14.8. The summed E-state index contributed by atoms with van der Waals surface area (Å²) >= 11 is 0. The van der Waals surface area contributed by atoms with E-state index in [4.69, 9.17) is 14.6 Å². The largest absolute Gasteiger partial charge is 0.486 e. The number of piperazine rings is 1. The number of piperidine rings is 1. The minimum atomic E-state index is -1.47. The number of ether oxygens (including phenoxy) is 2. The van der Waals surface area contributed by atoms with Gasteiger partial charge in [-0.15, -0.1) is 0 Å². The van der Waals surface area contributed by atoms with Crippen molar-refractivity contribution in [3.63, 3.8) is 0 Å². The Morgan fingerprint density at radius 3 is 2.56 bits per heavy atom. The van der Waals surface area contributed by atoms with E-state index in [1.807, 2.05) is 12.1 Å². The van der Waals surface area contributed by atoms with Gasteiger partial charge in [-0.3, -0.25) is 9.69 Å². The second-order valence-electron chi connectivity index (χ2n) is 11.1. The van der Waals surface area contributed by atoms with Crippen LogP contribution in [0, 0.1) is 22.7 Å². The quantitative estimate of drug-likeness (QED) is 0.380. The van der Waals surface area contributed by atoms with Gasteiger partial charge in [0.15, 0.2) is 12.0 Å². The lowest BCUT2D eigenvalue weighted by molar-refractivity contribution is -0.138. The average Bonchev–Trinajstić information content (AvgIpc) is 3.05. The van der Waals surface area contributed by atoms with E-state index in [9.17, 15) is 19.7 Å². The van der Waals surface area contributed by atoms with Crippen molar-refractivity contribution in [2.24, 2.45) is 0 Å². The highest BCUT2D eigenvalue weighted by Gasteiger charge is 2.33. The summed E-state index contributed by atoms with van der Waals surface area (Å²) in [4.78, 5) is 30.6. The number of carbonyl (C=O) groups is 1. The van der Waals surface area contributed by atoms with Crippen molar-refractivity contribution < 1.29 is 23.8 Å². The van der Waals surface area contributed by atoms with Crippen LogP contribution in [0.25, 0.3) is 11.4 Å². The molecule has 1 amide bonds. The Labute approximate surface area is 259 Å². The van der Waals surface area contributed by atoms with Crippen molar-refractivity contribution in [2.45, 2.75) is 24.7 Å². The first-order chi connectivity index (χ1) is 21.9. The highest BCUT2D eigenvalue weighted by atomic mass is 19.1. The number of hydrogen-bond acceptors (Lipinski definition) is 12. The predicted octanol–water partition coefficient (Wildman–Crippen LogP) is 1.86. The van der Waals surface area contributed by atoms with Crippen LogP contribution in [0.15, 0.2) is 42.7 Å². The lowest BCUT2D eigenvalue weighted by atomic mass is 10.0. The minimum Gasteiger partial charge on any atom is -0.486 e. The van der Waals surface area contributed by atoms with Gasteiger partial charge >= 0.3 is 0 Å². The molecule has 3 aromatic rings. The Hall–Kier alpha value is -4.89. The normalized spacial score (nSPS) is 20.5. The van der Waals surface area contributed by atoms with Gasteiger partial charge in [0, 0.05) is 50.4 Å². The highest BCUT2D eigenvalue weighted by Crippen LogP contribution is 2.30. The van der Waals surface area contributed by atoms with Crippen LogP contribution in [0.4, 0.5) is 21.7 Å². The van der Waals surface area contributed by atoms with E-state index in [0.29, 0.717) is 28.7 Å². The van der Waals surface area contributed by atoms with Gasteiger partial charge in [-0.05, 0) is 36.4 Å². The van der Waals surface area contributed by atoms with Crippen LogP contribution in [0.1, 0.15) is 17.5 Å². The molecule has 0 aliphatic carbocycles. The first kappa shape index (κ1) is 30.1. The van der Waals surface area contributed by atoms with Crippen LogP contribution in [0.3, 0.4) is 0 Å². The maximum Gasteiger partial charge on any atom is 0.248 e. The summed E-state index contributed by atoms with van der Waals surface area (Å²) < 4.78 is 25.9. The number of rotatable bonds is 8. The van der Waals surface area contributed by atoms with E-state index in [1.165, 1.54) is 11.2 Å². The predicted molar refractivity (Wildman–Crippen MR) is 160 cm³/mol.